The molecule has 0 aliphatic heterocycles. The van der Waals surface area contributed by atoms with Crippen molar-refractivity contribution in [1.82, 2.24) is 15.4 Å². The summed E-state index contributed by atoms with van der Waals surface area (Å²) in [6.45, 7) is 2.07. The number of nitrogens with zero attached hydrogens (tertiary/aromatic N) is 3. The molecule has 0 atom stereocenters. The molecule has 17 heavy (non-hydrogen) atoms. The maximum atomic E-state index is 9.01. The molecule has 0 unspecified atom stereocenters. The maximum Gasteiger partial charge on any atom is 0.190 e. The Bertz CT molecular complexity index is 658. The summed E-state index contributed by atoms with van der Waals surface area (Å²) in [5.41, 5.74) is 5.75. The maximum absolute atomic E-state index is 9.01. The highest BCUT2D eigenvalue weighted by molar-refractivity contribution is 5.86. The zero-order valence-corrected chi connectivity index (χ0v) is 9.36. The van der Waals surface area contributed by atoms with Gasteiger partial charge in [0.15, 0.2) is 5.69 Å². The van der Waals surface area contributed by atoms with E-state index in [0.717, 1.165) is 17.6 Å². The van der Waals surface area contributed by atoms with Crippen molar-refractivity contribution in [3.8, 4) is 6.07 Å². The number of fused-ring (bicyclic) bond motifs is 1. The van der Waals surface area contributed by atoms with Gasteiger partial charge in [0.25, 0.3) is 0 Å². The van der Waals surface area contributed by atoms with Crippen molar-refractivity contribution < 1.29 is 0 Å². The smallest absolute Gasteiger partial charge is 0.190 e. The highest BCUT2D eigenvalue weighted by Gasteiger charge is 2.24. The van der Waals surface area contributed by atoms with Gasteiger partial charge in [0.1, 0.15) is 11.8 Å². The zero-order valence-electron chi connectivity index (χ0n) is 9.36. The molecule has 0 saturated heterocycles. The molecular formula is C13H10N4. The third-order valence-electron chi connectivity index (χ3n) is 3.06. The Morgan fingerprint density at radius 3 is 2.94 bits per heavy atom. The van der Waals surface area contributed by atoms with Gasteiger partial charge in [-0.2, -0.15) is 15.6 Å². The molecule has 0 radical (unpaired) electrons. The van der Waals surface area contributed by atoms with E-state index in [1.54, 1.807) is 0 Å². The fraction of sp³-hybridized carbons (Fsp3) is 0.154. The molecule has 0 saturated carbocycles. The van der Waals surface area contributed by atoms with Gasteiger partial charge >= 0.3 is 0 Å². The monoisotopic (exact) mass is 222 g/mol. The van der Waals surface area contributed by atoms with E-state index in [-0.39, 0.29) is 0 Å². The molecule has 4 nitrogen and oxygen atoms in total. The highest BCUT2D eigenvalue weighted by atomic mass is 15.3. The molecule has 4 heteroatoms. The summed E-state index contributed by atoms with van der Waals surface area (Å²) in [6.07, 6.45) is 0.920. The first-order valence-electron chi connectivity index (χ1n) is 5.40. The summed E-state index contributed by atoms with van der Waals surface area (Å²) >= 11 is 0. The molecule has 0 fully saturated rings. The lowest BCUT2D eigenvalue weighted by Gasteiger charge is -2.02. The lowest BCUT2D eigenvalue weighted by molar-refractivity contribution is 0.932. The van der Waals surface area contributed by atoms with Crippen molar-refractivity contribution >= 4 is 5.57 Å². The number of H-pyrrole nitrogens is 1. The average molecular weight is 222 g/mol. The highest BCUT2D eigenvalue weighted by Crippen LogP contribution is 2.36. The van der Waals surface area contributed by atoms with E-state index in [0.29, 0.717) is 11.4 Å². The first-order chi connectivity index (χ1) is 8.31. The average Bonchev–Trinajstić information content (AvgIpc) is 2.90. The summed E-state index contributed by atoms with van der Waals surface area (Å²) in [5.74, 6) is 0. The van der Waals surface area contributed by atoms with Gasteiger partial charge < -0.3 is 0 Å². The quantitative estimate of drug-likeness (QED) is 0.803. The van der Waals surface area contributed by atoms with Crippen molar-refractivity contribution in [3.05, 3.63) is 52.4 Å². The van der Waals surface area contributed by atoms with Gasteiger partial charge in [0.2, 0.25) is 0 Å². The van der Waals surface area contributed by atoms with E-state index in [4.69, 9.17) is 5.26 Å². The second-order valence-corrected chi connectivity index (χ2v) is 4.12. The fourth-order valence-corrected chi connectivity index (χ4v) is 2.34. The van der Waals surface area contributed by atoms with E-state index in [2.05, 4.69) is 40.5 Å². The molecule has 0 bridgehead atoms. The van der Waals surface area contributed by atoms with Crippen molar-refractivity contribution in [3.63, 3.8) is 0 Å². The summed E-state index contributed by atoms with van der Waals surface area (Å²) in [7, 11) is 0. The zero-order chi connectivity index (χ0) is 11.8. The number of aromatic amines is 1. The second-order valence-electron chi connectivity index (χ2n) is 4.12. The SMILES string of the molecule is CC1=C(c2n[nH]nc2C#N)c2ccccc2C1. The van der Waals surface area contributed by atoms with Gasteiger partial charge in [0.05, 0.1) is 0 Å². The second kappa shape index (κ2) is 3.56. The summed E-state index contributed by atoms with van der Waals surface area (Å²) in [5, 5.41) is 19.5. The van der Waals surface area contributed by atoms with E-state index < -0.39 is 0 Å². The van der Waals surface area contributed by atoms with E-state index in [1.165, 1.54) is 11.1 Å². The van der Waals surface area contributed by atoms with Crippen molar-refractivity contribution in [2.24, 2.45) is 0 Å². The lowest BCUT2D eigenvalue weighted by atomic mass is 10.0. The van der Waals surface area contributed by atoms with Crippen LogP contribution < -0.4 is 0 Å². The molecule has 1 aliphatic rings. The summed E-state index contributed by atoms with van der Waals surface area (Å²) < 4.78 is 0. The number of rotatable bonds is 1. The van der Waals surface area contributed by atoms with E-state index >= 15 is 0 Å². The minimum atomic E-state index is 0.357. The van der Waals surface area contributed by atoms with Gasteiger partial charge in [-0.15, -0.1) is 5.10 Å². The summed E-state index contributed by atoms with van der Waals surface area (Å²) in [6, 6.07) is 10.3. The molecule has 1 aromatic heterocycles. The van der Waals surface area contributed by atoms with E-state index in [1.807, 2.05) is 12.1 Å². The Morgan fingerprint density at radius 1 is 1.29 bits per heavy atom. The first-order valence-corrected chi connectivity index (χ1v) is 5.40. The van der Waals surface area contributed by atoms with Crippen molar-refractivity contribution in [2.45, 2.75) is 13.3 Å². The van der Waals surface area contributed by atoms with Gasteiger partial charge in [0, 0.05) is 5.57 Å². The molecular weight excluding hydrogens is 212 g/mol. The van der Waals surface area contributed by atoms with Crippen molar-refractivity contribution in [1.29, 1.82) is 5.26 Å². The first kappa shape index (κ1) is 9.79. The molecule has 2 aromatic rings. The normalized spacial score (nSPS) is 13.6. The fourth-order valence-electron chi connectivity index (χ4n) is 2.34. The third kappa shape index (κ3) is 1.36. The Morgan fingerprint density at radius 2 is 2.12 bits per heavy atom. The number of allylic oxidation sites excluding steroid dienone is 1. The van der Waals surface area contributed by atoms with Crippen LogP contribution in [-0.4, -0.2) is 15.4 Å². The van der Waals surface area contributed by atoms with E-state index in [9.17, 15) is 0 Å². The number of benzene rings is 1. The Labute approximate surface area is 98.6 Å². The molecule has 1 heterocycles. The summed E-state index contributed by atoms with van der Waals surface area (Å²) in [4.78, 5) is 0. The number of nitriles is 1. The molecule has 1 aliphatic carbocycles. The topological polar surface area (TPSA) is 65.4 Å². The Kier molecular flexibility index (Phi) is 2.05. The number of aromatic nitrogens is 3. The van der Waals surface area contributed by atoms with Crippen LogP contribution in [0, 0.1) is 11.3 Å². The van der Waals surface area contributed by atoms with Crippen LogP contribution >= 0.6 is 0 Å². The van der Waals surface area contributed by atoms with Gasteiger partial charge in [-0.1, -0.05) is 29.8 Å². The molecule has 3 rings (SSSR count). The minimum Gasteiger partial charge on any atom is -0.196 e. The molecule has 1 aromatic carbocycles. The molecule has 82 valence electrons. The van der Waals surface area contributed by atoms with Crippen LogP contribution in [0.15, 0.2) is 29.8 Å². The van der Waals surface area contributed by atoms with Crippen LogP contribution in [0.25, 0.3) is 5.57 Å². The number of hydrogen-bond donors (Lipinski definition) is 1. The van der Waals surface area contributed by atoms with Gasteiger partial charge in [-0.25, -0.2) is 0 Å². The largest absolute Gasteiger partial charge is 0.196 e. The Hall–Kier alpha value is -2.41. The van der Waals surface area contributed by atoms with Gasteiger partial charge in [-0.3, -0.25) is 0 Å². The molecule has 0 spiro atoms. The standard InChI is InChI=1S/C13H10N4/c1-8-6-9-4-2-3-5-10(9)12(8)13-11(7-14)15-17-16-13/h2-5H,6H2,1H3,(H,15,16,17). The van der Waals surface area contributed by atoms with Crippen LogP contribution in [0.2, 0.25) is 0 Å². The van der Waals surface area contributed by atoms with Crippen LogP contribution in [-0.2, 0) is 6.42 Å². The number of nitrogens with one attached hydrogen (secondary N) is 1. The van der Waals surface area contributed by atoms with Crippen LogP contribution in [0.1, 0.15) is 29.4 Å². The number of hydrogen-bond acceptors (Lipinski definition) is 3. The van der Waals surface area contributed by atoms with Gasteiger partial charge in [-0.05, 0) is 24.5 Å². The molecule has 1 N–H and O–H groups in total. The lowest BCUT2D eigenvalue weighted by Crippen LogP contribution is -1.91. The van der Waals surface area contributed by atoms with Crippen LogP contribution in [0.3, 0.4) is 0 Å². The van der Waals surface area contributed by atoms with Crippen molar-refractivity contribution in [2.75, 3.05) is 0 Å². The van der Waals surface area contributed by atoms with Crippen LogP contribution in [0.4, 0.5) is 0 Å². The minimum absolute atomic E-state index is 0.357. The van der Waals surface area contributed by atoms with Crippen LogP contribution in [0.5, 0.6) is 0 Å². The Balaban J connectivity index is 2.23. The third-order valence-corrected chi connectivity index (χ3v) is 3.06. The molecule has 0 amide bonds. The predicted octanol–water partition coefficient (Wildman–Crippen LogP) is 2.05. The predicted molar refractivity (Wildman–Crippen MR) is 62.9 cm³/mol.